The maximum absolute atomic E-state index is 15.2. The molecule has 0 aliphatic carbocycles. The Kier molecular flexibility index (Phi) is 35.5. The first-order valence-electron chi connectivity index (χ1n) is 32.7. The van der Waals surface area contributed by atoms with E-state index in [0.29, 0.717) is 0 Å². The van der Waals surface area contributed by atoms with Crippen LogP contribution in [0.15, 0.2) is 12.2 Å². The molecule has 0 aromatic carbocycles. The molecule has 5 N–H and O–H groups in total. The van der Waals surface area contributed by atoms with E-state index >= 15 is 14.4 Å². The molecule has 1 fully saturated rings. The molecule has 1 rings (SSSR count). The Hall–Kier alpha value is -6.26. The van der Waals surface area contributed by atoms with E-state index < -0.39 is 172 Å². The summed E-state index contributed by atoms with van der Waals surface area (Å²) >= 11 is 0. The molecule has 11 amide bonds. The molecule has 13 atom stereocenters. The lowest BCUT2D eigenvalue weighted by atomic mass is 9.91. The molecule has 28 heteroatoms. The highest BCUT2D eigenvalue weighted by atomic mass is 32.2. The molecule has 1 saturated heterocycles. The van der Waals surface area contributed by atoms with Crippen LogP contribution in [0.5, 0.6) is 0 Å². The Labute approximate surface area is 555 Å². The first-order valence-corrected chi connectivity index (χ1v) is 34.5. The van der Waals surface area contributed by atoms with E-state index in [0.717, 1.165) is 21.0 Å². The number of ether oxygens (including phenoxy) is 1. The van der Waals surface area contributed by atoms with Gasteiger partial charge in [0.15, 0.2) is 0 Å². The first kappa shape index (κ1) is 84.8. The van der Waals surface area contributed by atoms with Gasteiger partial charge in [0.1, 0.15) is 60.4 Å². The highest BCUT2D eigenvalue weighted by Crippen LogP contribution is 2.26. The van der Waals surface area contributed by atoms with Crippen molar-refractivity contribution >= 4 is 75.1 Å². The molecule has 0 unspecified atom stereocenters. The predicted octanol–water partition coefficient (Wildman–Crippen LogP) is 2.38. The van der Waals surface area contributed by atoms with E-state index in [2.05, 4.69) is 21.3 Å². The number of nitrogens with one attached hydrogen (secondary N) is 4. The average Bonchev–Trinajstić information content (AvgIpc) is 0.826. The minimum absolute atomic E-state index is 0.0337. The van der Waals surface area contributed by atoms with Gasteiger partial charge in [0.2, 0.25) is 65.0 Å². The van der Waals surface area contributed by atoms with Crippen LogP contribution in [-0.2, 0) is 71.8 Å². The van der Waals surface area contributed by atoms with Crippen molar-refractivity contribution in [1.29, 1.82) is 0 Å². The fourth-order valence-electron chi connectivity index (χ4n) is 11.2. The first-order chi connectivity index (χ1) is 42.9. The minimum atomic E-state index is -3.72. The zero-order valence-electron chi connectivity index (χ0n) is 60.2. The van der Waals surface area contributed by atoms with Gasteiger partial charge in [0.25, 0.3) is 10.1 Å². The molecule has 0 aromatic rings. The second kappa shape index (κ2) is 38.9. The van der Waals surface area contributed by atoms with Gasteiger partial charge in [-0.3, -0.25) is 56.9 Å². The molecule has 534 valence electrons. The SMILES string of the molecule is C/C=C/C[C@@H](C)[C@@H](O)[C@H]1C(=O)N[C@@H](CC)C(=O)N(C)CC(=O)N(C)[C@@H]([C@@H](C)OCCCCOS(C)(=O)=O)C(=O)N[C@@H](C(C)C)C(=O)N(C)[C@@H](CC(C)C)C(=O)N[C@@H](C)C(=O)N[C@H](C)C(=O)N(C)[C@@H](CC(C)C)C(=O)N(C)[C@H](CC(C)C)C(=O)N(C)[C@H](C(C)C)C(=O)N1C. The number of nitrogens with zero attached hydrogens (tertiary/aromatic N) is 7. The van der Waals surface area contributed by atoms with Gasteiger partial charge in [-0.05, 0) is 108 Å². The summed E-state index contributed by atoms with van der Waals surface area (Å²) in [6.45, 7) is 26.4. The summed E-state index contributed by atoms with van der Waals surface area (Å²) in [4.78, 5) is 170. The zero-order valence-corrected chi connectivity index (χ0v) is 61.0. The number of aliphatic hydroxyl groups is 1. The van der Waals surface area contributed by atoms with Crippen LogP contribution in [0.1, 0.15) is 156 Å². The van der Waals surface area contributed by atoms with Crippen LogP contribution < -0.4 is 21.3 Å². The number of allylic oxidation sites excluding steroid dienone is 2. The van der Waals surface area contributed by atoms with Gasteiger partial charge in [0.05, 0.1) is 31.6 Å². The molecule has 0 aromatic heterocycles. The van der Waals surface area contributed by atoms with Gasteiger partial charge >= 0.3 is 0 Å². The van der Waals surface area contributed by atoms with Gasteiger partial charge in [0, 0.05) is 55.9 Å². The Balaban J connectivity index is 4.38. The van der Waals surface area contributed by atoms with E-state index in [1.165, 1.54) is 89.7 Å². The van der Waals surface area contributed by atoms with Gasteiger partial charge in [-0.1, -0.05) is 95.2 Å². The lowest BCUT2D eigenvalue weighted by Gasteiger charge is -2.41. The Morgan fingerprint density at radius 3 is 1.47 bits per heavy atom. The van der Waals surface area contributed by atoms with Crippen molar-refractivity contribution in [2.75, 3.05) is 75.3 Å². The lowest BCUT2D eigenvalue weighted by molar-refractivity contribution is -0.157. The lowest BCUT2D eigenvalue weighted by Crippen LogP contribution is -2.63. The zero-order chi connectivity index (χ0) is 72.0. The second-order valence-corrected chi connectivity index (χ2v) is 28.8. The van der Waals surface area contributed by atoms with Crippen molar-refractivity contribution < 1.29 is 75.2 Å². The van der Waals surface area contributed by atoms with Crippen molar-refractivity contribution in [3.8, 4) is 0 Å². The van der Waals surface area contributed by atoms with Gasteiger partial charge < -0.3 is 65.4 Å². The topological polar surface area (TPSA) is 331 Å². The van der Waals surface area contributed by atoms with E-state index in [1.807, 2.05) is 41.5 Å². The van der Waals surface area contributed by atoms with E-state index in [4.69, 9.17) is 8.92 Å². The molecule has 1 aliphatic rings. The summed E-state index contributed by atoms with van der Waals surface area (Å²) in [5.41, 5.74) is 0. The van der Waals surface area contributed by atoms with Gasteiger partial charge in [-0.15, -0.1) is 0 Å². The average molecular weight is 1340 g/mol. The van der Waals surface area contributed by atoms with Crippen molar-refractivity contribution in [2.24, 2.45) is 35.5 Å². The van der Waals surface area contributed by atoms with E-state index in [1.54, 1.807) is 60.6 Å². The van der Waals surface area contributed by atoms with Crippen molar-refractivity contribution in [2.45, 2.75) is 228 Å². The molecule has 1 aliphatic heterocycles. The summed E-state index contributed by atoms with van der Waals surface area (Å²) in [6, 6.07) is -13.2. The Bertz CT molecular complexity index is 2670. The quantitative estimate of drug-likeness (QED) is 0.0626. The van der Waals surface area contributed by atoms with Crippen LogP contribution in [0, 0.1) is 35.5 Å². The van der Waals surface area contributed by atoms with Crippen LogP contribution in [0.3, 0.4) is 0 Å². The number of rotatable bonds is 21. The maximum atomic E-state index is 15.2. The fourth-order valence-corrected chi connectivity index (χ4v) is 11.7. The summed E-state index contributed by atoms with van der Waals surface area (Å²) in [7, 11) is 5.89. The normalized spacial score (nSPS) is 26.1. The number of likely N-dealkylation sites (N-methyl/N-ethyl adjacent to an activating group) is 7. The van der Waals surface area contributed by atoms with Crippen molar-refractivity contribution in [3.63, 3.8) is 0 Å². The standard InChI is InChI=1S/C65H117N11O16S/c1-25-27-30-42(13)55(78)54-59(82)68-46(26-2)61(84)70(17)36-50(77)74(21)53(45(16)91-31-28-29-32-92-93(24,89)90)58(81)69-51(40(9)10)64(87)71(18)47(33-37(3)4)57(80)66-43(14)56(79)67-44(15)60(83)72(19)48(34-38(5)6)62(85)73(20)49(35-39(7)8)63(86)75(22)52(41(11)12)65(88)76(54)23/h25,27,37-49,51-55,78H,26,28-36H2,1-24H3,(H,66,80)(H,67,79)(H,68,82)(H,69,81)/b27-25+/t42-,43+,44-,45-,46+,47+,48+,49-,51+,52-,53+,54+,55-/m1/s1. The van der Waals surface area contributed by atoms with Gasteiger partial charge in [-0.25, -0.2) is 0 Å². The van der Waals surface area contributed by atoms with E-state index in [9.17, 15) is 51.9 Å². The molecular weight excluding hydrogens is 1220 g/mol. The smallest absolute Gasteiger partial charge is 0.264 e. The number of aliphatic hydroxyl groups excluding tert-OH is 1. The Morgan fingerprint density at radius 2 is 0.989 bits per heavy atom. The summed E-state index contributed by atoms with van der Waals surface area (Å²) in [5.74, 6) is -10.6. The van der Waals surface area contributed by atoms with Crippen molar-refractivity contribution in [1.82, 2.24) is 55.6 Å². The monoisotopic (exact) mass is 1340 g/mol. The van der Waals surface area contributed by atoms with Crippen LogP contribution in [0.4, 0.5) is 0 Å². The summed E-state index contributed by atoms with van der Waals surface area (Å²) in [6.07, 6.45) is 2.90. The third-order valence-corrected chi connectivity index (χ3v) is 17.6. The predicted molar refractivity (Wildman–Crippen MR) is 354 cm³/mol. The second-order valence-electron chi connectivity index (χ2n) is 27.2. The molecule has 0 bridgehead atoms. The maximum Gasteiger partial charge on any atom is 0.264 e. The molecule has 0 radical (unpaired) electrons. The highest BCUT2D eigenvalue weighted by Gasteiger charge is 2.46. The third kappa shape index (κ3) is 25.4. The van der Waals surface area contributed by atoms with Crippen LogP contribution >= 0.6 is 0 Å². The molecular formula is C65H117N11O16S. The van der Waals surface area contributed by atoms with E-state index in [-0.39, 0.29) is 75.9 Å². The number of carbonyl (C=O) groups is 11. The third-order valence-electron chi connectivity index (χ3n) is 17.0. The fraction of sp³-hybridized carbons (Fsp3) is 0.800. The van der Waals surface area contributed by atoms with Gasteiger partial charge in [-0.2, -0.15) is 8.42 Å². The number of unbranched alkanes of at least 4 members (excludes halogenated alkanes) is 1. The molecule has 93 heavy (non-hydrogen) atoms. The number of hydrogen-bond donors (Lipinski definition) is 5. The Morgan fingerprint density at radius 1 is 0.527 bits per heavy atom. The molecule has 27 nitrogen and oxygen atoms in total. The minimum Gasteiger partial charge on any atom is -0.390 e. The number of hydrogen-bond acceptors (Lipinski definition) is 16. The van der Waals surface area contributed by atoms with Crippen LogP contribution in [0.25, 0.3) is 0 Å². The van der Waals surface area contributed by atoms with Crippen molar-refractivity contribution in [3.05, 3.63) is 12.2 Å². The van der Waals surface area contributed by atoms with Crippen LogP contribution in [-0.4, -0.2) is 261 Å². The largest absolute Gasteiger partial charge is 0.390 e. The van der Waals surface area contributed by atoms with Crippen LogP contribution in [0.2, 0.25) is 0 Å². The summed E-state index contributed by atoms with van der Waals surface area (Å²) in [5, 5.41) is 23.0. The number of amides is 11. The summed E-state index contributed by atoms with van der Waals surface area (Å²) < 4.78 is 34.1. The molecule has 0 saturated carbocycles. The highest BCUT2D eigenvalue weighted by molar-refractivity contribution is 7.85. The number of carbonyl (C=O) groups excluding carboxylic acids is 11. The molecule has 0 spiro atoms. The molecule has 1 heterocycles.